The van der Waals surface area contributed by atoms with Gasteiger partial charge in [-0.2, -0.15) is 0 Å². The molecule has 3 aliphatic heterocycles. The molecule has 3 fully saturated rings. The number of nitrogens with one attached hydrogen (secondary N) is 6. The second-order valence-corrected chi connectivity index (χ2v) is 15.4. The molecule has 7 amide bonds. The van der Waals surface area contributed by atoms with E-state index in [4.69, 9.17) is 11.5 Å². The summed E-state index contributed by atoms with van der Waals surface area (Å²) < 4.78 is 0. The van der Waals surface area contributed by atoms with Gasteiger partial charge in [-0.25, -0.2) is 4.79 Å². The summed E-state index contributed by atoms with van der Waals surface area (Å²) in [5, 5.41) is 45.2. The molecule has 332 valence electrons. The van der Waals surface area contributed by atoms with Crippen molar-refractivity contribution in [1.82, 2.24) is 41.7 Å². The fourth-order valence-electron chi connectivity index (χ4n) is 7.47. The minimum absolute atomic E-state index is 0.00328. The first-order chi connectivity index (χ1) is 28.0. The van der Waals surface area contributed by atoms with Crippen LogP contribution in [0.15, 0.2) is 0 Å². The summed E-state index contributed by atoms with van der Waals surface area (Å²) in [6.07, 6.45) is 1.85. The second kappa shape index (κ2) is 23.6. The van der Waals surface area contributed by atoms with E-state index >= 15 is 0 Å². The first-order valence-electron chi connectivity index (χ1n) is 20.4. The maximum atomic E-state index is 13.7. The molecule has 13 N–H and O–H groups in total. The lowest BCUT2D eigenvalue weighted by molar-refractivity contribution is -0.145. The Hall–Kier alpha value is -4.93. The van der Waals surface area contributed by atoms with E-state index < -0.39 is 108 Å². The molecule has 0 aromatic carbocycles. The number of aliphatic hydroxyl groups excluding tert-OH is 1. The fraction of sp³-hybridized carbons (Fsp3) is 0.757. The van der Waals surface area contributed by atoms with Crippen LogP contribution in [0.25, 0.3) is 0 Å². The molecule has 0 bridgehead atoms. The highest BCUT2D eigenvalue weighted by Crippen LogP contribution is 2.21. The molecule has 22 heteroatoms. The van der Waals surface area contributed by atoms with Crippen molar-refractivity contribution in [3.8, 4) is 0 Å². The summed E-state index contributed by atoms with van der Waals surface area (Å²) >= 11 is 0. The van der Waals surface area contributed by atoms with Crippen molar-refractivity contribution >= 4 is 53.3 Å². The highest BCUT2D eigenvalue weighted by Gasteiger charge is 2.43. The molecule has 22 nitrogen and oxygen atoms in total. The molecule has 3 rings (SSSR count). The van der Waals surface area contributed by atoms with E-state index in [0.717, 1.165) is 11.3 Å². The van der Waals surface area contributed by atoms with Gasteiger partial charge in [0.1, 0.15) is 42.3 Å². The zero-order valence-corrected chi connectivity index (χ0v) is 33.8. The van der Waals surface area contributed by atoms with Crippen molar-refractivity contribution < 1.29 is 58.5 Å². The monoisotopic (exact) mass is 838 g/mol. The van der Waals surface area contributed by atoms with Crippen molar-refractivity contribution in [3.63, 3.8) is 0 Å². The average molecular weight is 839 g/mol. The first kappa shape index (κ1) is 48.4. The minimum atomic E-state index is -1.73. The van der Waals surface area contributed by atoms with Crippen LogP contribution >= 0.6 is 0 Å². The molecule has 0 aromatic rings. The number of hydrogen-bond donors (Lipinski definition) is 11. The van der Waals surface area contributed by atoms with E-state index in [1.165, 1.54) is 18.7 Å². The molecule has 3 heterocycles. The third-order valence-corrected chi connectivity index (χ3v) is 10.7. The molecule has 3 aliphatic rings. The Balaban J connectivity index is 1.69. The number of nitrogens with two attached hydrogens (primary N) is 2. The Labute approximate surface area is 342 Å². The summed E-state index contributed by atoms with van der Waals surface area (Å²) in [4.78, 5) is 120. The first-order valence-corrected chi connectivity index (χ1v) is 20.4. The molecule has 3 saturated heterocycles. The van der Waals surface area contributed by atoms with Gasteiger partial charge in [-0.05, 0) is 97.7 Å². The summed E-state index contributed by atoms with van der Waals surface area (Å²) in [6.45, 7) is 3.98. The Morgan fingerprint density at radius 3 is 1.85 bits per heavy atom. The topological polar surface area (TPSA) is 345 Å². The van der Waals surface area contributed by atoms with Crippen LogP contribution < -0.4 is 43.4 Å². The molecular weight excluding hydrogens is 776 g/mol. The van der Waals surface area contributed by atoms with Gasteiger partial charge in [0.05, 0.1) is 18.6 Å². The van der Waals surface area contributed by atoms with E-state index in [0.29, 0.717) is 51.6 Å². The normalized spacial score (nSPS) is 22.7. The molecule has 0 saturated carbocycles. The van der Waals surface area contributed by atoms with Gasteiger partial charge in [-0.3, -0.25) is 38.4 Å². The Bertz CT molecular complexity index is 1530. The number of β-amino-alcohol motifs (C(OH)–C–C–N with tert-alkyl or cyclic N) is 1. The van der Waals surface area contributed by atoms with Crippen LogP contribution in [0.3, 0.4) is 0 Å². The zero-order chi connectivity index (χ0) is 43.8. The van der Waals surface area contributed by atoms with Gasteiger partial charge in [0.2, 0.25) is 41.4 Å². The van der Waals surface area contributed by atoms with Crippen LogP contribution in [0, 0.1) is 0 Å². The number of carboxylic acid groups (broad SMARTS) is 2. The number of aliphatic hydroxyl groups is 1. The number of rotatable bonds is 23. The molecule has 0 unspecified atom stereocenters. The Kier molecular flexibility index (Phi) is 19.4. The molecule has 0 aliphatic carbocycles. The van der Waals surface area contributed by atoms with Crippen LogP contribution in [-0.2, 0) is 43.2 Å². The molecule has 0 aromatic heterocycles. The molecule has 9 atom stereocenters. The van der Waals surface area contributed by atoms with Crippen LogP contribution in [0.1, 0.15) is 90.9 Å². The summed E-state index contributed by atoms with van der Waals surface area (Å²) in [7, 11) is 0. The average Bonchev–Trinajstić information content (AvgIpc) is 3.98. The smallest absolute Gasteiger partial charge is 0.326 e. The number of aliphatic carboxylic acids is 2. The second-order valence-electron chi connectivity index (χ2n) is 15.4. The van der Waals surface area contributed by atoms with E-state index in [1.807, 2.05) is 0 Å². The van der Waals surface area contributed by atoms with Gasteiger partial charge in [0.25, 0.3) is 0 Å². The third-order valence-electron chi connectivity index (χ3n) is 10.7. The minimum Gasteiger partial charge on any atom is -0.481 e. The summed E-state index contributed by atoms with van der Waals surface area (Å²) in [5.41, 5.74) is 11.1. The number of carbonyl (C=O) groups excluding carboxylic acids is 7. The van der Waals surface area contributed by atoms with E-state index in [9.17, 15) is 58.5 Å². The van der Waals surface area contributed by atoms with Gasteiger partial charge in [-0.1, -0.05) is 0 Å². The number of hydrogen-bond acceptors (Lipinski definition) is 13. The van der Waals surface area contributed by atoms with Crippen molar-refractivity contribution in [2.45, 2.75) is 145 Å². The predicted molar refractivity (Wildman–Crippen MR) is 209 cm³/mol. The summed E-state index contributed by atoms with van der Waals surface area (Å²) in [5.74, 6) is -7.85. The van der Waals surface area contributed by atoms with Crippen molar-refractivity contribution in [3.05, 3.63) is 0 Å². The lowest BCUT2D eigenvalue weighted by Crippen LogP contribution is -2.59. The molecule has 0 spiro atoms. The van der Waals surface area contributed by atoms with Crippen LogP contribution in [0.5, 0.6) is 0 Å². The maximum Gasteiger partial charge on any atom is 0.326 e. The molecule has 59 heavy (non-hydrogen) atoms. The SMILES string of the molecule is C[C@H](NC(=O)[C@H](CC(=O)O)NC(=O)[C@H](CCCCN)NC(=O)[C@@H]1C[C@@H](O)CN1C(=O)[C@H](C)NC(=O)[C@@H]1CCCN1)C(=O)N1CCC[C@H]1C(=O)N[C@@H](CCCCN)C(=O)O. The number of carbonyl (C=O) groups is 9. The number of nitrogens with zero attached hydrogens (tertiary/aromatic N) is 2. The highest BCUT2D eigenvalue weighted by molar-refractivity contribution is 5.98. The van der Waals surface area contributed by atoms with Crippen LogP contribution in [-0.4, -0.2) is 166 Å². The fourth-order valence-corrected chi connectivity index (χ4v) is 7.47. The number of likely N-dealkylation sites (tertiary alicyclic amines) is 2. The van der Waals surface area contributed by atoms with E-state index in [1.54, 1.807) is 0 Å². The van der Waals surface area contributed by atoms with Gasteiger partial charge in [0.15, 0.2) is 0 Å². The standard InChI is InChI=1S/C37H62N10O12/c1-20(35(56)46-16-8-12-27(46)33(54)44-25(37(58)59)10-4-6-14-39)42-32(53)26(18-29(49)50)45-31(52)24(9-3-5-13-38)43-34(55)28-17-22(48)19-47(28)36(57)21(2)41-30(51)23-11-7-15-40-23/h20-28,40,48H,3-19,38-39H2,1-2H3,(H,41,51)(H,42,53)(H,43,55)(H,44,54)(H,45,52)(H,49,50)(H,58,59)/t20-,21-,22+,23-,24-,25-,26-,27-,28-/m0/s1. The lowest BCUT2D eigenvalue weighted by Gasteiger charge is -2.30. The molecule has 0 radical (unpaired) electrons. The van der Waals surface area contributed by atoms with Crippen molar-refractivity contribution in [1.29, 1.82) is 0 Å². The van der Waals surface area contributed by atoms with Crippen LogP contribution in [0.4, 0.5) is 0 Å². The van der Waals surface area contributed by atoms with Crippen molar-refractivity contribution in [2.24, 2.45) is 11.5 Å². The third kappa shape index (κ3) is 14.4. The maximum absolute atomic E-state index is 13.7. The molecular formula is C37H62N10O12. The zero-order valence-electron chi connectivity index (χ0n) is 33.8. The largest absolute Gasteiger partial charge is 0.481 e. The van der Waals surface area contributed by atoms with Crippen LogP contribution in [0.2, 0.25) is 0 Å². The van der Waals surface area contributed by atoms with E-state index in [-0.39, 0.29) is 51.2 Å². The number of amides is 7. The quantitative estimate of drug-likeness (QED) is 0.0437. The Morgan fingerprint density at radius 1 is 0.678 bits per heavy atom. The lowest BCUT2D eigenvalue weighted by atomic mass is 10.1. The number of carboxylic acids is 2. The summed E-state index contributed by atoms with van der Waals surface area (Å²) in [6, 6.07) is -9.29. The highest BCUT2D eigenvalue weighted by atomic mass is 16.4. The van der Waals surface area contributed by atoms with E-state index in [2.05, 4.69) is 31.9 Å². The van der Waals surface area contributed by atoms with Crippen molar-refractivity contribution in [2.75, 3.05) is 32.7 Å². The Morgan fingerprint density at radius 2 is 1.25 bits per heavy atom. The van der Waals surface area contributed by atoms with Gasteiger partial charge >= 0.3 is 11.9 Å². The van der Waals surface area contributed by atoms with Gasteiger partial charge in [-0.15, -0.1) is 0 Å². The van der Waals surface area contributed by atoms with Gasteiger partial charge < -0.3 is 68.5 Å². The van der Waals surface area contributed by atoms with Gasteiger partial charge in [0, 0.05) is 19.5 Å². The predicted octanol–water partition coefficient (Wildman–Crippen LogP) is -4.03. The number of unbranched alkanes of at least 4 members (excludes halogenated alkanes) is 2.